The van der Waals surface area contributed by atoms with Gasteiger partial charge >= 0.3 is 6.03 Å². The summed E-state index contributed by atoms with van der Waals surface area (Å²) in [6, 6.07) is 9.61. The van der Waals surface area contributed by atoms with Gasteiger partial charge in [-0.1, -0.05) is 23.7 Å². The summed E-state index contributed by atoms with van der Waals surface area (Å²) in [6.45, 7) is 4.44. The molecule has 1 atom stereocenters. The van der Waals surface area contributed by atoms with Crippen LogP contribution in [-0.2, 0) is 0 Å². The molecule has 0 aliphatic carbocycles. The molecule has 0 radical (unpaired) electrons. The lowest BCUT2D eigenvalue weighted by atomic mass is 10.0. The van der Waals surface area contributed by atoms with E-state index in [2.05, 4.69) is 33.8 Å². The maximum absolute atomic E-state index is 12.4. The lowest BCUT2D eigenvalue weighted by Crippen LogP contribution is -2.41. The molecule has 8 heteroatoms. The second-order valence-electron chi connectivity index (χ2n) is 7.12. The van der Waals surface area contributed by atoms with E-state index in [0.717, 1.165) is 25.9 Å². The molecule has 1 aliphatic heterocycles. The van der Waals surface area contributed by atoms with Gasteiger partial charge in [0.1, 0.15) is 5.82 Å². The molecule has 1 aromatic carbocycles. The van der Waals surface area contributed by atoms with Crippen molar-refractivity contribution < 1.29 is 4.79 Å². The number of hydrogen-bond donors (Lipinski definition) is 2. The van der Waals surface area contributed by atoms with Crippen LogP contribution in [0, 0.1) is 0 Å². The number of para-hydroxylation sites is 1. The second-order valence-corrected chi connectivity index (χ2v) is 8.51. The van der Waals surface area contributed by atoms with Crippen molar-refractivity contribution in [1.29, 1.82) is 0 Å². The summed E-state index contributed by atoms with van der Waals surface area (Å²) in [6.07, 6.45) is 7.19. The average molecular weight is 422 g/mol. The van der Waals surface area contributed by atoms with E-state index < -0.39 is 0 Å². The highest BCUT2D eigenvalue weighted by atomic mass is 35.5. The number of halogens is 1. The third-order valence-electron chi connectivity index (χ3n) is 5.24. The average Bonchev–Trinajstić information content (AvgIpc) is 3.16. The van der Waals surface area contributed by atoms with E-state index in [1.807, 2.05) is 34.6 Å². The summed E-state index contributed by atoms with van der Waals surface area (Å²) in [5.41, 5.74) is 0.584. The molecule has 1 aliphatic rings. The van der Waals surface area contributed by atoms with Crippen molar-refractivity contribution in [3.63, 3.8) is 0 Å². The maximum atomic E-state index is 12.4. The molecule has 2 amide bonds. The van der Waals surface area contributed by atoms with Gasteiger partial charge in [-0.3, -0.25) is 5.32 Å². The van der Waals surface area contributed by atoms with Gasteiger partial charge in [-0.2, -0.15) is 16.9 Å². The van der Waals surface area contributed by atoms with Crippen molar-refractivity contribution in [1.82, 2.24) is 14.7 Å². The van der Waals surface area contributed by atoms with Crippen LogP contribution in [0.4, 0.5) is 16.3 Å². The van der Waals surface area contributed by atoms with Crippen LogP contribution in [0.5, 0.6) is 0 Å². The van der Waals surface area contributed by atoms with Gasteiger partial charge in [0, 0.05) is 25.2 Å². The fourth-order valence-electron chi connectivity index (χ4n) is 3.58. The summed E-state index contributed by atoms with van der Waals surface area (Å²) >= 11 is 8.01. The number of nitrogens with zero attached hydrogens (tertiary/aromatic N) is 3. The lowest BCUT2D eigenvalue weighted by molar-refractivity contribution is 0.137. The van der Waals surface area contributed by atoms with Crippen LogP contribution in [-0.4, -0.2) is 51.9 Å². The largest absolute Gasteiger partial charge is 0.324 e. The smallest absolute Gasteiger partial charge is 0.306 e. The third-order valence-corrected chi connectivity index (χ3v) is 6.22. The number of nitrogens with one attached hydrogen (secondary N) is 2. The normalized spacial score (nSPS) is 16.7. The molecular formula is C20H28ClN5OS. The van der Waals surface area contributed by atoms with E-state index in [-0.39, 0.29) is 6.03 Å². The summed E-state index contributed by atoms with van der Waals surface area (Å²) in [4.78, 5) is 14.9. The highest BCUT2D eigenvalue weighted by Gasteiger charge is 2.25. The number of anilines is 2. The van der Waals surface area contributed by atoms with E-state index in [1.165, 1.54) is 12.2 Å². The Labute approximate surface area is 176 Å². The summed E-state index contributed by atoms with van der Waals surface area (Å²) in [7, 11) is 0. The Morgan fingerprint density at radius 1 is 1.29 bits per heavy atom. The number of hydrogen-bond acceptors (Lipinski definition) is 4. The van der Waals surface area contributed by atoms with Crippen LogP contribution in [0.25, 0.3) is 0 Å². The molecule has 1 aromatic heterocycles. The van der Waals surface area contributed by atoms with Crippen molar-refractivity contribution in [2.24, 2.45) is 0 Å². The molecule has 2 aromatic rings. The number of thioether (sulfide) groups is 1. The molecule has 0 saturated carbocycles. The minimum atomic E-state index is -0.321. The SMILES string of the molecule is CSCCC(C)N1CCC(n2nccc2NC(=O)Nc2ccccc2Cl)CC1. The van der Waals surface area contributed by atoms with Crippen LogP contribution in [0.3, 0.4) is 0 Å². The standard InChI is InChI=1S/C20H28ClN5OS/c1-15(10-14-28-2)25-12-8-16(9-13-25)26-19(7-11-22-26)24-20(27)23-18-6-4-3-5-17(18)21/h3-7,11,15-16H,8-10,12-14H2,1-2H3,(H2,23,24,27). The number of carbonyl (C=O) groups excluding carboxylic acids is 1. The summed E-state index contributed by atoms with van der Waals surface area (Å²) in [5, 5.41) is 10.7. The predicted molar refractivity (Wildman–Crippen MR) is 119 cm³/mol. The molecule has 3 rings (SSSR count). The third kappa shape index (κ3) is 5.43. The summed E-state index contributed by atoms with van der Waals surface area (Å²) < 4.78 is 1.94. The fraction of sp³-hybridized carbons (Fsp3) is 0.500. The molecule has 28 heavy (non-hydrogen) atoms. The first-order valence-electron chi connectivity index (χ1n) is 9.67. The van der Waals surface area contributed by atoms with Gasteiger partial charge < -0.3 is 10.2 Å². The number of aromatic nitrogens is 2. The number of piperidine rings is 1. The number of benzene rings is 1. The first-order valence-corrected chi connectivity index (χ1v) is 11.4. The van der Waals surface area contributed by atoms with Crippen molar-refractivity contribution in [3.8, 4) is 0 Å². The summed E-state index contributed by atoms with van der Waals surface area (Å²) in [5.74, 6) is 1.91. The molecule has 2 N–H and O–H groups in total. The molecule has 0 bridgehead atoms. The Kier molecular flexibility index (Phi) is 7.65. The van der Waals surface area contributed by atoms with Crippen LogP contribution in [0.2, 0.25) is 5.02 Å². The zero-order valence-corrected chi connectivity index (χ0v) is 18.0. The monoisotopic (exact) mass is 421 g/mol. The van der Waals surface area contributed by atoms with Gasteiger partial charge in [0.25, 0.3) is 0 Å². The van der Waals surface area contributed by atoms with Gasteiger partial charge in [0.2, 0.25) is 0 Å². The number of likely N-dealkylation sites (tertiary alicyclic amines) is 1. The Morgan fingerprint density at radius 3 is 2.75 bits per heavy atom. The van der Waals surface area contributed by atoms with E-state index in [1.54, 1.807) is 18.3 Å². The molecule has 1 saturated heterocycles. The van der Waals surface area contributed by atoms with E-state index in [0.29, 0.717) is 28.6 Å². The zero-order valence-electron chi connectivity index (χ0n) is 16.4. The maximum Gasteiger partial charge on any atom is 0.324 e. The first-order chi connectivity index (χ1) is 13.6. The second kappa shape index (κ2) is 10.2. The molecule has 1 unspecified atom stereocenters. The zero-order chi connectivity index (χ0) is 19.9. The van der Waals surface area contributed by atoms with Gasteiger partial charge in [-0.15, -0.1) is 0 Å². The Hall–Kier alpha value is -1.70. The highest BCUT2D eigenvalue weighted by molar-refractivity contribution is 7.98. The van der Waals surface area contributed by atoms with Crippen molar-refractivity contribution in [2.45, 2.75) is 38.3 Å². The predicted octanol–water partition coefficient (Wildman–Crippen LogP) is 4.96. The first kappa shape index (κ1) is 21.0. The Balaban J connectivity index is 1.56. The topological polar surface area (TPSA) is 62.2 Å². The fourth-order valence-corrected chi connectivity index (χ4v) is 4.34. The quantitative estimate of drug-likeness (QED) is 0.663. The Bertz CT molecular complexity index is 775. The molecule has 152 valence electrons. The minimum Gasteiger partial charge on any atom is -0.306 e. The number of amides is 2. The van der Waals surface area contributed by atoms with Crippen LogP contribution < -0.4 is 10.6 Å². The number of urea groups is 1. The molecule has 1 fully saturated rings. The van der Waals surface area contributed by atoms with Crippen LogP contribution in [0.1, 0.15) is 32.2 Å². The molecule has 6 nitrogen and oxygen atoms in total. The van der Waals surface area contributed by atoms with E-state index in [4.69, 9.17) is 11.6 Å². The minimum absolute atomic E-state index is 0.301. The highest BCUT2D eigenvalue weighted by Crippen LogP contribution is 2.27. The Morgan fingerprint density at radius 2 is 2.04 bits per heavy atom. The van der Waals surface area contributed by atoms with Gasteiger partial charge in [-0.05, 0) is 50.3 Å². The molecule has 0 spiro atoms. The lowest BCUT2D eigenvalue weighted by Gasteiger charge is -2.36. The van der Waals surface area contributed by atoms with Gasteiger partial charge in [0.05, 0.1) is 22.9 Å². The van der Waals surface area contributed by atoms with Gasteiger partial charge in [-0.25, -0.2) is 9.48 Å². The van der Waals surface area contributed by atoms with Crippen LogP contribution in [0.15, 0.2) is 36.5 Å². The van der Waals surface area contributed by atoms with Crippen LogP contribution >= 0.6 is 23.4 Å². The molecule has 2 heterocycles. The number of rotatable bonds is 7. The molecular weight excluding hydrogens is 394 g/mol. The van der Waals surface area contributed by atoms with Crippen molar-refractivity contribution >= 4 is 40.9 Å². The van der Waals surface area contributed by atoms with E-state index in [9.17, 15) is 4.79 Å². The van der Waals surface area contributed by atoms with E-state index >= 15 is 0 Å². The van der Waals surface area contributed by atoms with Crippen molar-refractivity contribution in [3.05, 3.63) is 41.6 Å². The van der Waals surface area contributed by atoms with Gasteiger partial charge in [0.15, 0.2) is 0 Å². The van der Waals surface area contributed by atoms with Crippen molar-refractivity contribution in [2.75, 3.05) is 35.7 Å². The number of carbonyl (C=O) groups is 1.